The van der Waals surface area contributed by atoms with Gasteiger partial charge in [-0.05, 0) is 69.7 Å². The zero-order valence-electron chi connectivity index (χ0n) is 24.0. The number of methoxy groups -OCH3 is 2. The summed E-state index contributed by atoms with van der Waals surface area (Å²) >= 11 is 3.45. The number of nitrogens with zero attached hydrogens (tertiary/aromatic N) is 2. The van der Waals surface area contributed by atoms with E-state index in [9.17, 15) is 18.0 Å². The van der Waals surface area contributed by atoms with E-state index < -0.39 is 34.1 Å². The molecule has 0 bridgehead atoms. The third kappa shape index (κ3) is 8.23. The van der Waals surface area contributed by atoms with Crippen LogP contribution in [0.4, 0.5) is 5.69 Å². The molecule has 41 heavy (non-hydrogen) atoms. The summed E-state index contributed by atoms with van der Waals surface area (Å²) in [6, 6.07) is 19.0. The molecule has 0 heterocycles. The fourth-order valence-corrected chi connectivity index (χ4v) is 5.99. The van der Waals surface area contributed by atoms with Crippen molar-refractivity contribution < 1.29 is 27.5 Å². The van der Waals surface area contributed by atoms with E-state index in [0.29, 0.717) is 11.5 Å². The average molecular weight is 647 g/mol. The minimum Gasteiger partial charge on any atom is -0.493 e. The van der Waals surface area contributed by atoms with Gasteiger partial charge >= 0.3 is 0 Å². The van der Waals surface area contributed by atoms with E-state index in [2.05, 4.69) is 21.2 Å². The summed E-state index contributed by atoms with van der Waals surface area (Å²) in [6.07, 6.45) is 0. The number of rotatable bonds is 11. The number of carbonyl (C=O) groups excluding carboxylic acids is 2. The van der Waals surface area contributed by atoms with Gasteiger partial charge in [-0.15, -0.1) is 0 Å². The first kappa shape index (κ1) is 32.0. The van der Waals surface area contributed by atoms with Gasteiger partial charge in [0.05, 0.1) is 24.8 Å². The molecule has 0 aliphatic carbocycles. The molecule has 0 unspecified atom stereocenters. The molecule has 11 heteroatoms. The smallest absolute Gasteiger partial charge is 0.264 e. The largest absolute Gasteiger partial charge is 0.493 e. The molecule has 1 atom stereocenters. The van der Waals surface area contributed by atoms with Crippen LogP contribution in [0.5, 0.6) is 11.5 Å². The van der Waals surface area contributed by atoms with Crippen molar-refractivity contribution in [1.82, 2.24) is 10.2 Å². The molecule has 0 saturated heterocycles. The van der Waals surface area contributed by atoms with Crippen molar-refractivity contribution in [1.29, 1.82) is 0 Å². The van der Waals surface area contributed by atoms with Gasteiger partial charge in [0, 0.05) is 22.6 Å². The monoisotopic (exact) mass is 645 g/mol. The molecule has 0 aromatic heterocycles. The van der Waals surface area contributed by atoms with Crippen LogP contribution in [0.1, 0.15) is 33.3 Å². The van der Waals surface area contributed by atoms with Crippen molar-refractivity contribution in [3.63, 3.8) is 0 Å². The molecule has 220 valence electrons. The summed E-state index contributed by atoms with van der Waals surface area (Å²) in [5, 5.41) is 2.92. The number of hydrogen-bond acceptors (Lipinski definition) is 6. The fourth-order valence-electron chi connectivity index (χ4n) is 4.12. The molecule has 3 rings (SSSR count). The molecule has 3 aromatic rings. The molecule has 0 spiro atoms. The van der Waals surface area contributed by atoms with Gasteiger partial charge in [-0.2, -0.15) is 0 Å². The standard InChI is InChI=1S/C30H36BrN3O6S/c1-21(29(36)32-30(2,3)4)33(19-22-11-10-12-23(31)17-22)28(35)20-34(41(37,38)25-13-8-7-9-14-25)24-15-16-26(39-5)27(18-24)40-6/h7-18,21H,19-20H2,1-6H3,(H,32,36)/t21-/m0/s1. The predicted molar refractivity (Wildman–Crippen MR) is 163 cm³/mol. The molecule has 0 fully saturated rings. The highest BCUT2D eigenvalue weighted by molar-refractivity contribution is 9.10. The SMILES string of the molecule is COc1ccc(N(CC(=O)N(Cc2cccc(Br)c2)[C@@H](C)C(=O)NC(C)(C)C)S(=O)(=O)c2ccccc2)cc1OC. The van der Waals surface area contributed by atoms with Crippen LogP contribution >= 0.6 is 15.9 Å². The molecule has 0 aliphatic rings. The number of ether oxygens (including phenoxy) is 2. The maximum Gasteiger partial charge on any atom is 0.264 e. The van der Waals surface area contributed by atoms with Crippen molar-refractivity contribution in [2.24, 2.45) is 0 Å². The second-order valence-electron chi connectivity index (χ2n) is 10.4. The Bertz CT molecular complexity index is 1480. The van der Waals surface area contributed by atoms with Gasteiger partial charge in [0.15, 0.2) is 11.5 Å². The number of nitrogens with one attached hydrogen (secondary N) is 1. The third-order valence-corrected chi connectivity index (χ3v) is 8.45. The highest BCUT2D eigenvalue weighted by Crippen LogP contribution is 2.34. The Morgan fingerprint density at radius 3 is 2.17 bits per heavy atom. The quantitative estimate of drug-likeness (QED) is 0.315. The van der Waals surface area contributed by atoms with Crippen molar-refractivity contribution >= 4 is 43.5 Å². The van der Waals surface area contributed by atoms with Crippen LogP contribution in [0.2, 0.25) is 0 Å². The first-order valence-corrected chi connectivity index (χ1v) is 15.2. The Morgan fingerprint density at radius 2 is 1.59 bits per heavy atom. The van der Waals surface area contributed by atoms with E-state index in [1.807, 2.05) is 45.0 Å². The lowest BCUT2D eigenvalue weighted by atomic mass is 10.1. The number of carbonyl (C=O) groups is 2. The number of halogens is 1. The second kappa shape index (κ2) is 13.4. The van der Waals surface area contributed by atoms with Crippen LogP contribution in [-0.4, -0.2) is 57.5 Å². The second-order valence-corrected chi connectivity index (χ2v) is 13.2. The zero-order chi connectivity index (χ0) is 30.4. The van der Waals surface area contributed by atoms with E-state index in [1.54, 1.807) is 37.3 Å². The summed E-state index contributed by atoms with van der Waals surface area (Å²) < 4.78 is 40.4. The van der Waals surface area contributed by atoms with Crippen LogP contribution in [0.15, 0.2) is 82.2 Å². The number of anilines is 1. The molecule has 9 nitrogen and oxygen atoms in total. The maximum atomic E-state index is 14.1. The van der Waals surface area contributed by atoms with Crippen molar-refractivity contribution in [2.75, 3.05) is 25.1 Å². The van der Waals surface area contributed by atoms with Gasteiger partial charge in [0.2, 0.25) is 11.8 Å². The fraction of sp³-hybridized carbons (Fsp3) is 0.333. The molecular weight excluding hydrogens is 610 g/mol. The van der Waals surface area contributed by atoms with Crippen molar-refractivity contribution in [3.05, 3.63) is 82.8 Å². The van der Waals surface area contributed by atoms with Crippen LogP contribution in [-0.2, 0) is 26.2 Å². The Morgan fingerprint density at radius 1 is 0.927 bits per heavy atom. The topological polar surface area (TPSA) is 105 Å². The van der Waals surface area contributed by atoms with Gasteiger partial charge in [-0.3, -0.25) is 13.9 Å². The Labute approximate surface area is 250 Å². The van der Waals surface area contributed by atoms with E-state index >= 15 is 0 Å². The van der Waals surface area contributed by atoms with Crippen molar-refractivity contribution in [3.8, 4) is 11.5 Å². The molecule has 3 aromatic carbocycles. The number of benzene rings is 3. The molecule has 0 radical (unpaired) electrons. The summed E-state index contributed by atoms with van der Waals surface area (Å²) in [7, 11) is -1.28. The van der Waals surface area contributed by atoms with Crippen LogP contribution < -0.4 is 19.1 Å². The third-order valence-electron chi connectivity index (χ3n) is 6.17. The van der Waals surface area contributed by atoms with Gasteiger partial charge in [0.1, 0.15) is 12.6 Å². The van der Waals surface area contributed by atoms with Crippen LogP contribution in [0.25, 0.3) is 0 Å². The zero-order valence-corrected chi connectivity index (χ0v) is 26.5. The average Bonchev–Trinajstić information content (AvgIpc) is 2.93. The first-order valence-electron chi connectivity index (χ1n) is 12.9. The van der Waals surface area contributed by atoms with E-state index in [1.165, 1.54) is 37.3 Å². The normalized spacial score (nSPS) is 12.3. The van der Waals surface area contributed by atoms with Gasteiger partial charge in [0.25, 0.3) is 10.0 Å². The Kier molecular flexibility index (Phi) is 10.4. The predicted octanol–water partition coefficient (Wildman–Crippen LogP) is 4.99. The first-order chi connectivity index (χ1) is 19.3. The summed E-state index contributed by atoms with van der Waals surface area (Å²) in [4.78, 5) is 28.7. The van der Waals surface area contributed by atoms with Gasteiger partial charge in [-0.1, -0.05) is 46.3 Å². The number of amides is 2. The molecule has 2 amide bonds. The highest BCUT2D eigenvalue weighted by Gasteiger charge is 2.33. The summed E-state index contributed by atoms with van der Waals surface area (Å²) in [6.45, 7) is 6.70. The Hall–Kier alpha value is -3.57. The van der Waals surface area contributed by atoms with Crippen LogP contribution in [0, 0.1) is 0 Å². The molecule has 0 saturated carbocycles. The van der Waals surface area contributed by atoms with E-state index in [0.717, 1.165) is 14.3 Å². The molecule has 0 aliphatic heterocycles. The number of hydrogen-bond donors (Lipinski definition) is 1. The van der Waals surface area contributed by atoms with Crippen molar-refractivity contribution in [2.45, 2.75) is 50.7 Å². The minimum absolute atomic E-state index is 0.0136. The van der Waals surface area contributed by atoms with E-state index in [-0.39, 0.29) is 23.0 Å². The highest BCUT2D eigenvalue weighted by atomic mass is 79.9. The maximum absolute atomic E-state index is 14.1. The lowest BCUT2D eigenvalue weighted by Gasteiger charge is -2.33. The van der Waals surface area contributed by atoms with Gasteiger partial charge < -0.3 is 19.7 Å². The van der Waals surface area contributed by atoms with E-state index in [4.69, 9.17) is 9.47 Å². The summed E-state index contributed by atoms with van der Waals surface area (Å²) in [5.74, 6) is -0.210. The lowest BCUT2D eigenvalue weighted by molar-refractivity contribution is -0.140. The molecule has 1 N–H and O–H groups in total. The van der Waals surface area contributed by atoms with Gasteiger partial charge in [-0.25, -0.2) is 8.42 Å². The lowest BCUT2D eigenvalue weighted by Crippen LogP contribution is -2.54. The minimum atomic E-state index is -4.20. The number of sulfonamides is 1. The van der Waals surface area contributed by atoms with Crippen LogP contribution in [0.3, 0.4) is 0 Å². The summed E-state index contributed by atoms with van der Waals surface area (Å²) in [5.41, 5.74) is 0.443. The molecular formula is C30H36BrN3O6S. The Balaban J connectivity index is 2.09.